The first-order valence-electron chi connectivity index (χ1n) is 10.0. The van der Waals surface area contributed by atoms with E-state index in [9.17, 15) is 5.26 Å². The predicted molar refractivity (Wildman–Crippen MR) is 117 cm³/mol. The Morgan fingerprint density at radius 3 is 2.70 bits per heavy atom. The molecule has 2 aromatic heterocycles. The Labute approximate surface area is 177 Å². The van der Waals surface area contributed by atoms with E-state index in [-0.39, 0.29) is 0 Å². The zero-order valence-electron chi connectivity index (χ0n) is 17.3. The van der Waals surface area contributed by atoms with E-state index in [1.807, 2.05) is 43.3 Å². The molecule has 0 bridgehead atoms. The highest BCUT2D eigenvalue weighted by molar-refractivity contribution is 5.55. The van der Waals surface area contributed by atoms with Gasteiger partial charge in [-0.05, 0) is 31.0 Å². The van der Waals surface area contributed by atoms with Gasteiger partial charge in [0.15, 0.2) is 0 Å². The molecular formula is C24H25N5O. The van der Waals surface area contributed by atoms with Crippen molar-refractivity contribution in [3.05, 3.63) is 89.1 Å². The van der Waals surface area contributed by atoms with Crippen molar-refractivity contribution >= 4 is 5.82 Å². The lowest BCUT2D eigenvalue weighted by Crippen LogP contribution is -2.11. The maximum atomic E-state index is 9.31. The van der Waals surface area contributed by atoms with Gasteiger partial charge in [-0.1, -0.05) is 49.8 Å². The molecule has 0 amide bonds. The number of hydrogen-bond donors (Lipinski definition) is 1. The van der Waals surface area contributed by atoms with Gasteiger partial charge in [-0.3, -0.25) is 0 Å². The maximum Gasteiger partial charge on any atom is 0.220 e. The smallest absolute Gasteiger partial charge is 0.220 e. The van der Waals surface area contributed by atoms with Crippen molar-refractivity contribution in [2.75, 3.05) is 5.32 Å². The van der Waals surface area contributed by atoms with Gasteiger partial charge in [-0.15, -0.1) is 0 Å². The summed E-state index contributed by atoms with van der Waals surface area (Å²) in [6, 6.07) is 15.7. The highest BCUT2D eigenvalue weighted by Gasteiger charge is 2.15. The number of benzene rings is 1. The lowest BCUT2D eigenvalue weighted by molar-refractivity contribution is 0.289. The fourth-order valence-electron chi connectivity index (χ4n) is 3.08. The summed E-state index contributed by atoms with van der Waals surface area (Å²) in [5.41, 5.74) is 4.43. The van der Waals surface area contributed by atoms with Crippen LogP contribution in [0.2, 0.25) is 0 Å². The van der Waals surface area contributed by atoms with Gasteiger partial charge in [-0.2, -0.15) is 5.26 Å². The van der Waals surface area contributed by atoms with Gasteiger partial charge in [0.1, 0.15) is 24.8 Å². The second kappa shape index (κ2) is 10.7. The SMILES string of the molecule is C/C=C(/Cc1ncnc(OCc2ccccc2)c1CCC)Nc1ncccc1C#N. The Morgan fingerprint density at radius 2 is 1.97 bits per heavy atom. The van der Waals surface area contributed by atoms with Crippen molar-refractivity contribution in [2.45, 2.75) is 39.7 Å². The highest BCUT2D eigenvalue weighted by Crippen LogP contribution is 2.24. The second-order valence-electron chi connectivity index (χ2n) is 6.76. The molecule has 1 aromatic carbocycles. The number of nitrogens with one attached hydrogen (secondary N) is 1. The Balaban J connectivity index is 1.81. The molecule has 3 rings (SSSR count). The molecule has 0 aliphatic carbocycles. The van der Waals surface area contributed by atoms with E-state index in [2.05, 4.69) is 33.3 Å². The molecule has 0 aliphatic heterocycles. The number of rotatable bonds is 9. The quantitative estimate of drug-likeness (QED) is 0.555. The van der Waals surface area contributed by atoms with Gasteiger partial charge in [0.25, 0.3) is 0 Å². The molecule has 0 unspecified atom stereocenters. The number of hydrogen-bond acceptors (Lipinski definition) is 6. The largest absolute Gasteiger partial charge is 0.473 e. The Kier molecular flexibility index (Phi) is 7.51. The van der Waals surface area contributed by atoms with Crippen molar-refractivity contribution in [3.8, 4) is 11.9 Å². The molecule has 2 heterocycles. The van der Waals surface area contributed by atoms with Crippen molar-refractivity contribution in [2.24, 2.45) is 0 Å². The molecular weight excluding hydrogens is 374 g/mol. The zero-order chi connectivity index (χ0) is 21.2. The minimum absolute atomic E-state index is 0.461. The maximum absolute atomic E-state index is 9.31. The number of pyridine rings is 1. The topological polar surface area (TPSA) is 83.7 Å². The number of nitriles is 1. The molecule has 6 nitrogen and oxygen atoms in total. The van der Waals surface area contributed by atoms with Crippen LogP contribution in [0.5, 0.6) is 5.88 Å². The van der Waals surface area contributed by atoms with Crippen LogP contribution in [0.3, 0.4) is 0 Å². The van der Waals surface area contributed by atoms with E-state index in [4.69, 9.17) is 4.74 Å². The van der Waals surface area contributed by atoms with Crippen molar-refractivity contribution in [3.63, 3.8) is 0 Å². The Bertz CT molecular complexity index is 1040. The monoisotopic (exact) mass is 399 g/mol. The summed E-state index contributed by atoms with van der Waals surface area (Å²) in [5, 5.41) is 12.6. The third kappa shape index (κ3) is 5.42. The average Bonchev–Trinajstić information content (AvgIpc) is 2.79. The predicted octanol–water partition coefficient (Wildman–Crippen LogP) is 4.83. The number of anilines is 1. The van der Waals surface area contributed by atoms with Gasteiger partial charge < -0.3 is 10.1 Å². The summed E-state index contributed by atoms with van der Waals surface area (Å²) < 4.78 is 6.04. The normalized spacial score (nSPS) is 11.0. The van der Waals surface area contributed by atoms with Crippen LogP contribution in [-0.4, -0.2) is 15.0 Å². The lowest BCUT2D eigenvalue weighted by atomic mass is 10.1. The van der Waals surface area contributed by atoms with Crippen LogP contribution in [-0.2, 0) is 19.4 Å². The van der Waals surface area contributed by atoms with E-state index >= 15 is 0 Å². The molecule has 6 heteroatoms. The number of ether oxygens (including phenoxy) is 1. The van der Waals surface area contributed by atoms with Gasteiger partial charge in [0, 0.05) is 23.9 Å². The molecule has 30 heavy (non-hydrogen) atoms. The molecule has 0 spiro atoms. The van der Waals surface area contributed by atoms with Crippen molar-refractivity contribution < 1.29 is 4.74 Å². The summed E-state index contributed by atoms with van der Waals surface area (Å²) in [5.74, 6) is 1.16. The van der Waals surface area contributed by atoms with Crippen LogP contribution >= 0.6 is 0 Å². The fraction of sp³-hybridized carbons (Fsp3) is 0.250. The standard InChI is InChI=1S/C24H25N5O/c1-3-9-21-22(14-20(4-2)29-23-19(15-25)12-8-13-26-23)27-17-28-24(21)30-16-18-10-6-5-7-11-18/h4-8,10-13,17H,3,9,14,16H2,1-2H3,(H,26,29)/b20-4-. The summed E-state index contributed by atoms with van der Waals surface area (Å²) in [4.78, 5) is 13.2. The van der Waals surface area contributed by atoms with Crippen LogP contribution in [0.1, 0.15) is 42.7 Å². The van der Waals surface area contributed by atoms with E-state index in [1.165, 1.54) is 0 Å². The van der Waals surface area contributed by atoms with Crippen molar-refractivity contribution in [1.29, 1.82) is 5.26 Å². The average molecular weight is 399 g/mol. The van der Waals surface area contributed by atoms with Crippen LogP contribution in [0, 0.1) is 11.3 Å². The molecule has 0 atom stereocenters. The van der Waals surface area contributed by atoms with Crippen LogP contribution in [0.25, 0.3) is 0 Å². The minimum atomic E-state index is 0.461. The van der Waals surface area contributed by atoms with Gasteiger partial charge in [0.2, 0.25) is 5.88 Å². The second-order valence-corrected chi connectivity index (χ2v) is 6.76. The van der Waals surface area contributed by atoms with Crippen LogP contribution in [0.15, 0.2) is 66.8 Å². The van der Waals surface area contributed by atoms with Crippen LogP contribution < -0.4 is 10.1 Å². The lowest BCUT2D eigenvalue weighted by Gasteiger charge is -2.16. The zero-order valence-corrected chi connectivity index (χ0v) is 17.3. The molecule has 0 saturated carbocycles. The third-order valence-corrected chi connectivity index (χ3v) is 4.63. The summed E-state index contributed by atoms with van der Waals surface area (Å²) >= 11 is 0. The van der Waals surface area contributed by atoms with Crippen molar-refractivity contribution in [1.82, 2.24) is 15.0 Å². The molecule has 1 N–H and O–H groups in total. The summed E-state index contributed by atoms with van der Waals surface area (Å²) in [6.07, 6.45) is 7.53. The third-order valence-electron chi connectivity index (χ3n) is 4.63. The first-order chi connectivity index (χ1) is 14.7. The first-order valence-corrected chi connectivity index (χ1v) is 10.0. The molecule has 0 fully saturated rings. The van der Waals surface area contributed by atoms with E-state index < -0.39 is 0 Å². The molecule has 0 radical (unpaired) electrons. The van der Waals surface area contributed by atoms with E-state index in [0.717, 1.165) is 35.4 Å². The Hall–Kier alpha value is -3.72. The van der Waals surface area contributed by atoms with Gasteiger partial charge >= 0.3 is 0 Å². The first kappa shape index (κ1) is 21.0. The summed E-state index contributed by atoms with van der Waals surface area (Å²) in [7, 11) is 0. The fourth-order valence-corrected chi connectivity index (χ4v) is 3.08. The van der Waals surface area contributed by atoms with E-state index in [1.54, 1.807) is 24.7 Å². The highest BCUT2D eigenvalue weighted by atomic mass is 16.5. The molecule has 0 saturated heterocycles. The number of aromatic nitrogens is 3. The molecule has 152 valence electrons. The molecule has 3 aromatic rings. The Morgan fingerprint density at radius 1 is 1.13 bits per heavy atom. The number of allylic oxidation sites excluding steroid dienone is 2. The summed E-state index contributed by atoms with van der Waals surface area (Å²) in [6.45, 7) is 4.53. The minimum Gasteiger partial charge on any atom is -0.473 e. The van der Waals surface area contributed by atoms with E-state index in [0.29, 0.717) is 30.3 Å². The van der Waals surface area contributed by atoms with Crippen LogP contribution in [0.4, 0.5) is 5.82 Å². The van der Waals surface area contributed by atoms with Gasteiger partial charge in [-0.25, -0.2) is 15.0 Å². The molecule has 0 aliphatic rings. The number of nitrogens with zero attached hydrogens (tertiary/aromatic N) is 4. The van der Waals surface area contributed by atoms with Gasteiger partial charge in [0.05, 0.1) is 11.3 Å².